The number of alkyl halides is 3. The molecule has 0 aliphatic heterocycles. The van der Waals surface area contributed by atoms with Crippen molar-refractivity contribution in [2.45, 2.75) is 13.1 Å². The number of carbonyl (C=O) groups is 1. The monoisotopic (exact) mass is 301 g/mol. The first kappa shape index (κ1) is 14.5. The van der Waals surface area contributed by atoms with Gasteiger partial charge in [0.25, 0.3) is 0 Å². The van der Waals surface area contributed by atoms with Gasteiger partial charge >= 0.3 is 6.18 Å². The van der Waals surface area contributed by atoms with E-state index in [0.717, 1.165) is 6.20 Å². The summed E-state index contributed by atoms with van der Waals surface area (Å²) in [7, 11) is 0. The summed E-state index contributed by atoms with van der Waals surface area (Å²) in [6, 6.07) is 6.23. The minimum atomic E-state index is -4.53. The van der Waals surface area contributed by atoms with E-state index in [1.807, 2.05) is 6.92 Å². The molecule has 2 rings (SSSR count). The Morgan fingerprint density at radius 1 is 1.30 bits per heavy atom. The number of ether oxygens (including phenoxy) is 1. The standard InChI is InChI=1S/C13H10F3NO2S/c1-2-19-9-5-3-8(4-6-9)11(18)10-7-17-12(20-10)13(14,15)16/h3-7H,2H2,1H3. The highest BCUT2D eigenvalue weighted by Gasteiger charge is 2.35. The Balaban J connectivity index is 2.20. The van der Waals surface area contributed by atoms with Crippen LogP contribution in [0.5, 0.6) is 5.75 Å². The van der Waals surface area contributed by atoms with E-state index in [9.17, 15) is 18.0 Å². The van der Waals surface area contributed by atoms with Gasteiger partial charge in [0.2, 0.25) is 5.78 Å². The van der Waals surface area contributed by atoms with Crippen LogP contribution in [0.1, 0.15) is 27.2 Å². The van der Waals surface area contributed by atoms with Gasteiger partial charge in [-0.15, -0.1) is 11.3 Å². The molecule has 0 atom stereocenters. The number of halogens is 3. The molecule has 0 fully saturated rings. The van der Waals surface area contributed by atoms with Crippen molar-refractivity contribution in [1.29, 1.82) is 0 Å². The molecule has 0 aliphatic carbocycles. The molecule has 0 aliphatic rings. The third kappa shape index (κ3) is 3.16. The fourth-order valence-electron chi connectivity index (χ4n) is 1.52. The largest absolute Gasteiger partial charge is 0.494 e. The molecule has 1 aromatic heterocycles. The molecule has 3 nitrogen and oxygen atoms in total. The van der Waals surface area contributed by atoms with Gasteiger partial charge in [0.05, 0.1) is 11.5 Å². The van der Waals surface area contributed by atoms with Crippen molar-refractivity contribution in [3.8, 4) is 5.75 Å². The summed E-state index contributed by atoms with van der Waals surface area (Å²) in [4.78, 5) is 15.2. The lowest BCUT2D eigenvalue weighted by Gasteiger charge is -2.03. The first-order chi connectivity index (χ1) is 9.41. The molecule has 0 amide bonds. The topological polar surface area (TPSA) is 39.2 Å². The predicted octanol–water partition coefficient (Wildman–Crippen LogP) is 3.79. The molecule has 0 radical (unpaired) electrons. The Labute approximate surface area is 117 Å². The number of carbonyl (C=O) groups excluding carboxylic acids is 1. The Bertz CT molecular complexity index is 605. The summed E-state index contributed by atoms with van der Waals surface area (Å²) in [5.74, 6) is 0.116. The molecule has 0 unspecified atom stereocenters. The number of ketones is 1. The van der Waals surface area contributed by atoms with Crippen molar-refractivity contribution in [1.82, 2.24) is 4.98 Å². The third-order valence-electron chi connectivity index (χ3n) is 2.40. The Morgan fingerprint density at radius 3 is 2.45 bits per heavy atom. The molecular formula is C13H10F3NO2S. The fraction of sp³-hybridized carbons (Fsp3) is 0.231. The lowest BCUT2D eigenvalue weighted by molar-refractivity contribution is -0.137. The van der Waals surface area contributed by atoms with Crippen molar-refractivity contribution in [3.63, 3.8) is 0 Å². The smallest absolute Gasteiger partial charge is 0.443 e. The molecule has 20 heavy (non-hydrogen) atoms. The van der Waals surface area contributed by atoms with Crippen LogP contribution in [0.4, 0.5) is 13.2 Å². The van der Waals surface area contributed by atoms with E-state index in [0.29, 0.717) is 29.3 Å². The summed E-state index contributed by atoms with van der Waals surface area (Å²) in [5, 5.41) is -1.02. The van der Waals surface area contributed by atoms with Gasteiger partial charge in [0.1, 0.15) is 5.75 Å². The van der Waals surface area contributed by atoms with E-state index in [1.54, 1.807) is 12.1 Å². The second-order valence-electron chi connectivity index (χ2n) is 3.81. The summed E-state index contributed by atoms with van der Waals surface area (Å²) in [6.45, 7) is 2.33. The molecule has 0 N–H and O–H groups in total. The van der Waals surface area contributed by atoms with E-state index in [4.69, 9.17) is 4.74 Å². The van der Waals surface area contributed by atoms with Crippen LogP contribution in [-0.2, 0) is 6.18 Å². The van der Waals surface area contributed by atoms with Crippen LogP contribution < -0.4 is 4.74 Å². The summed E-state index contributed by atoms with van der Waals surface area (Å²) in [5.41, 5.74) is 0.297. The van der Waals surface area contributed by atoms with Crippen LogP contribution in [-0.4, -0.2) is 17.4 Å². The molecule has 0 saturated carbocycles. The predicted molar refractivity (Wildman–Crippen MR) is 68.2 cm³/mol. The van der Waals surface area contributed by atoms with Gasteiger partial charge in [0, 0.05) is 11.8 Å². The van der Waals surface area contributed by atoms with Crippen molar-refractivity contribution < 1.29 is 22.7 Å². The van der Waals surface area contributed by atoms with Crippen LogP contribution in [0.3, 0.4) is 0 Å². The zero-order valence-corrected chi connectivity index (χ0v) is 11.2. The van der Waals surface area contributed by atoms with Crippen LogP contribution >= 0.6 is 11.3 Å². The number of aromatic nitrogens is 1. The summed E-state index contributed by atoms with van der Waals surface area (Å²) in [6.07, 6.45) is -3.58. The number of rotatable bonds is 4. The van der Waals surface area contributed by atoms with E-state index in [2.05, 4.69) is 4.98 Å². The van der Waals surface area contributed by atoms with Gasteiger partial charge in [-0.1, -0.05) is 0 Å². The molecular weight excluding hydrogens is 291 g/mol. The number of nitrogens with zero attached hydrogens (tertiary/aromatic N) is 1. The maximum absolute atomic E-state index is 12.4. The quantitative estimate of drug-likeness (QED) is 0.807. The normalized spacial score (nSPS) is 11.4. The summed E-state index contributed by atoms with van der Waals surface area (Å²) < 4.78 is 42.5. The van der Waals surface area contributed by atoms with Crippen LogP contribution in [0.2, 0.25) is 0 Å². The average Bonchev–Trinajstić information content (AvgIpc) is 2.89. The Hall–Kier alpha value is -1.89. The molecule has 1 heterocycles. The maximum atomic E-state index is 12.4. The summed E-state index contributed by atoms with van der Waals surface area (Å²) >= 11 is 0.340. The van der Waals surface area contributed by atoms with Crippen molar-refractivity contribution in [3.05, 3.63) is 45.9 Å². The van der Waals surface area contributed by atoms with Gasteiger partial charge in [-0.3, -0.25) is 4.79 Å². The zero-order chi connectivity index (χ0) is 14.8. The first-order valence-corrected chi connectivity index (χ1v) is 6.54. The van der Waals surface area contributed by atoms with Crippen molar-refractivity contribution >= 4 is 17.1 Å². The number of hydrogen-bond donors (Lipinski definition) is 0. The second-order valence-corrected chi connectivity index (χ2v) is 4.84. The highest BCUT2D eigenvalue weighted by atomic mass is 32.1. The highest BCUT2D eigenvalue weighted by molar-refractivity contribution is 7.13. The molecule has 106 valence electrons. The maximum Gasteiger partial charge on any atom is 0.443 e. The van der Waals surface area contributed by atoms with Gasteiger partial charge in [-0.2, -0.15) is 13.2 Å². The van der Waals surface area contributed by atoms with E-state index < -0.39 is 17.0 Å². The van der Waals surface area contributed by atoms with E-state index in [1.165, 1.54) is 12.1 Å². The van der Waals surface area contributed by atoms with Gasteiger partial charge in [-0.05, 0) is 31.2 Å². The van der Waals surface area contributed by atoms with E-state index >= 15 is 0 Å². The molecule has 0 bridgehead atoms. The Kier molecular flexibility index (Phi) is 4.08. The molecule has 0 saturated heterocycles. The van der Waals surface area contributed by atoms with Crippen LogP contribution in [0.15, 0.2) is 30.5 Å². The number of hydrogen-bond acceptors (Lipinski definition) is 4. The minimum Gasteiger partial charge on any atom is -0.494 e. The number of thiazole rings is 1. The minimum absolute atomic E-state index is 0.0403. The molecule has 1 aromatic carbocycles. The fourth-order valence-corrected chi connectivity index (χ4v) is 2.27. The number of benzene rings is 1. The molecule has 2 aromatic rings. The Morgan fingerprint density at radius 2 is 1.95 bits per heavy atom. The van der Waals surface area contributed by atoms with E-state index in [-0.39, 0.29) is 4.88 Å². The lowest BCUT2D eigenvalue weighted by atomic mass is 10.1. The SMILES string of the molecule is CCOc1ccc(C(=O)c2cnc(C(F)(F)F)s2)cc1. The molecule has 7 heteroatoms. The zero-order valence-electron chi connectivity index (χ0n) is 10.4. The third-order valence-corrected chi connectivity index (χ3v) is 3.44. The second kappa shape index (κ2) is 5.62. The van der Waals surface area contributed by atoms with Gasteiger partial charge in [-0.25, -0.2) is 4.98 Å². The van der Waals surface area contributed by atoms with Gasteiger partial charge < -0.3 is 4.74 Å². The highest BCUT2D eigenvalue weighted by Crippen LogP contribution is 2.33. The lowest BCUT2D eigenvalue weighted by Crippen LogP contribution is -2.03. The van der Waals surface area contributed by atoms with Crippen LogP contribution in [0.25, 0.3) is 0 Å². The van der Waals surface area contributed by atoms with Gasteiger partial charge in [0.15, 0.2) is 5.01 Å². The molecule has 0 spiro atoms. The average molecular weight is 301 g/mol. The first-order valence-electron chi connectivity index (χ1n) is 5.72. The van der Waals surface area contributed by atoms with Crippen LogP contribution in [0, 0.1) is 0 Å². The van der Waals surface area contributed by atoms with Crippen molar-refractivity contribution in [2.24, 2.45) is 0 Å². The van der Waals surface area contributed by atoms with Crippen molar-refractivity contribution in [2.75, 3.05) is 6.61 Å².